The Morgan fingerprint density at radius 3 is 1.08 bits per heavy atom. The Labute approximate surface area is 783 Å². The molecule has 4 aromatic carbocycles. The van der Waals surface area contributed by atoms with Crippen molar-refractivity contribution in [1.82, 2.24) is 59.0 Å². The molecule has 12 heterocycles. The molecule has 137 heavy (non-hydrogen) atoms. The fraction of sp³-hybridized carbons (Fsp3) is 0.243. The summed E-state index contributed by atoms with van der Waals surface area (Å²) in [5.74, 6) is -0.920. The molecule has 34 heteroatoms. The number of halogens is 3. The predicted octanol–water partition coefficient (Wildman–Crippen LogP) is 15.9. The molecule has 31 nitrogen and oxygen atoms in total. The molecule has 0 aliphatic heterocycles. The highest BCUT2D eigenvalue weighted by molar-refractivity contribution is 6.06. The summed E-state index contributed by atoms with van der Waals surface area (Å²) in [7, 11) is 3.67. The van der Waals surface area contributed by atoms with Gasteiger partial charge in [-0.15, -0.1) is 0 Å². The van der Waals surface area contributed by atoms with E-state index in [0.29, 0.717) is 99.3 Å². The number of para-hydroxylation sites is 1. The highest BCUT2D eigenvalue weighted by atomic mass is 19.1. The summed E-state index contributed by atoms with van der Waals surface area (Å²) in [6, 6.07) is 52.4. The number of alkyl halides is 3. The standard InChI is InChI=1S/C21H18FN5O.C21H21N5O2.C21H19N5O.C20H20FN5O2.C20H19FN4O/c1-27-6-5-11-3-2-4-13(19(11)27)17-7-12-8-18(24-10-15(12)20(23)25-17)26-21(28)14-9-16(14)22;1-2-11-5-3-4-6-13(11)17-7-12-8-18(24-10-16(12)19(22)25-17)26-21(28)15-9-14(15)20(23)27;1-2-12-5-3-4-6-15(12)18-8-13-9-19(24-11-17(13)20(23)25-18)26-21(27)16-7-14(16)10-22;1-3-10-6-18(27)26(2)9-14(10)16-4-11-5-17(23-8-13(11)19(22)24-16)25-20(28)12-7-15(12)21;1-10-4-3-5-11(2)18(10)16-6-12-7-17(23-9-14(12)19(22)24-16)25-20(26)13-8-15(13)21/h2-8,10,14,16H,9H2,1H3,(H2,23,25)(H,24,26,28);3-8,10,14-15H,2,9H2,1H3,(H2,22,25)(H2,23,27)(H,24,26,28);3-6,8-9,11,14,16H,2,7H2,1H3,(H2,23,25)(H,24,26,27);4-6,8-9,12,15H,3,7H2,1-2H3,(H2,22,24)(H,23,25,28);3-7,9,13,15H,8H2,1-2H3,(H2,22,24)(H,23,25,26)/t14-,16+;14-,15+;14-,16-;12-,15+;13-,15+/m10111/s1. The van der Waals surface area contributed by atoms with Crippen LogP contribution in [-0.4, -0.2) is 113 Å². The van der Waals surface area contributed by atoms with Crippen LogP contribution in [0, 0.1) is 66.6 Å². The van der Waals surface area contributed by atoms with Gasteiger partial charge < -0.3 is 70.1 Å². The summed E-state index contributed by atoms with van der Waals surface area (Å²) in [6.07, 6.45) is 12.9. The predicted molar refractivity (Wildman–Crippen MR) is 526 cm³/mol. The number of nitrogens with two attached hydrogens (primary N) is 6. The van der Waals surface area contributed by atoms with E-state index in [1.807, 2.05) is 136 Å². The van der Waals surface area contributed by atoms with E-state index >= 15 is 0 Å². The van der Waals surface area contributed by atoms with Crippen molar-refractivity contribution in [1.29, 1.82) is 5.26 Å². The number of nitriles is 1. The first-order chi connectivity index (χ1) is 65.9. The number of rotatable bonds is 19. The first-order valence-corrected chi connectivity index (χ1v) is 44.8. The molecular formula is C103H97F3N24O7. The number of nitrogens with zero attached hydrogens (tertiary/aromatic N) is 13. The number of nitrogen functional groups attached to an aromatic ring is 5. The summed E-state index contributed by atoms with van der Waals surface area (Å²) in [5, 5.41) is 31.2. The normalized spacial score (nSPS) is 18.3. The molecule has 6 amide bonds. The molecule has 17 N–H and O–H groups in total. The van der Waals surface area contributed by atoms with Gasteiger partial charge in [0, 0.05) is 124 Å². The van der Waals surface area contributed by atoms with Crippen LogP contribution in [0.25, 0.3) is 121 Å². The molecule has 0 bridgehead atoms. The lowest BCUT2D eigenvalue weighted by molar-refractivity contribution is -0.123. The molecule has 5 fully saturated rings. The molecule has 0 saturated heterocycles. The molecule has 21 rings (SSSR count). The lowest BCUT2D eigenvalue weighted by Gasteiger charge is -2.12. The summed E-state index contributed by atoms with van der Waals surface area (Å²) in [4.78, 5) is 127. The quantitative estimate of drug-likeness (QED) is 0.0358. The minimum absolute atomic E-state index is 0.0881. The van der Waals surface area contributed by atoms with E-state index in [1.54, 1.807) is 80.6 Å². The fourth-order valence-electron chi connectivity index (χ4n) is 16.8. The number of nitrogens with one attached hydrogen (secondary N) is 5. The van der Waals surface area contributed by atoms with Gasteiger partial charge in [0.15, 0.2) is 0 Å². The highest BCUT2D eigenvalue weighted by Crippen LogP contribution is 2.44. The molecule has 0 radical (unpaired) electrons. The van der Waals surface area contributed by atoms with E-state index in [1.165, 1.54) is 15.7 Å². The van der Waals surface area contributed by atoms with E-state index in [2.05, 4.69) is 121 Å². The van der Waals surface area contributed by atoms with Crippen LogP contribution in [0.3, 0.4) is 0 Å². The average Bonchev–Trinajstić information content (AvgIpc) is 1.74. The topological polar surface area (TPSA) is 498 Å². The molecule has 5 aliphatic rings. The summed E-state index contributed by atoms with van der Waals surface area (Å²) in [5.41, 5.74) is 51.1. The van der Waals surface area contributed by atoms with Crippen LogP contribution in [-0.2, 0) is 62.1 Å². The summed E-state index contributed by atoms with van der Waals surface area (Å²) in [6.45, 7) is 10.2. The van der Waals surface area contributed by atoms with Crippen molar-refractivity contribution in [3.05, 3.63) is 239 Å². The SMILES string of the molecule is CCc1cc(=O)n(C)cc1-c1cc2cc(NC(=O)[C@@H]3C[C@@H]3F)ncc2c(N)n1.CCc1ccccc1-c1cc2cc(NC(=O)[C@@H]3C[C@@H]3C#N)ncc2c(N)n1.CCc1ccccc1-c1cc2cc(NC(=O)[C@@H]3C[C@@H]3C(N)=O)ncc2c(N)n1.Cc1cccc(C)c1-c1cc2cc(NC(=O)[C@@H]3C[C@@H]3F)ncc2c(N)n1.Cn1ccc2cccc(-c3cc4cc(NC(=O)[C@@H]5C[C@@H]5F)ncc4c(N)n3)c21. The van der Waals surface area contributed by atoms with Crippen LogP contribution in [0.1, 0.15) is 80.7 Å². The molecule has 5 aliphatic carbocycles. The molecule has 692 valence electrons. The van der Waals surface area contributed by atoms with Crippen LogP contribution in [0.15, 0.2) is 206 Å². The Kier molecular flexibility index (Phi) is 25.9. The molecule has 16 aromatic rings. The zero-order valence-corrected chi connectivity index (χ0v) is 75.8. The smallest absolute Gasteiger partial charge is 0.250 e. The third-order valence-corrected chi connectivity index (χ3v) is 25.1. The summed E-state index contributed by atoms with van der Waals surface area (Å²) >= 11 is 0. The monoisotopic (exact) mass is 1840 g/mol. The van der Waals surface area contributed by atoms with Crippen molar-refractivity contribution in [3.8, 4) is 62.4 Å². The van der Waals surface area contributed by atoms with E-state index in [4.69, 9.17) is 39.7 Å². The number of hydrogen-bond acceptors (Lipinski definition) is 23. The van der Waals surface area contributed by atoms with Crippen molar-refractivity contribution in [2.75, 3.05) is 55.3 Å². The van der Waals surface area contributed by atoms with Gasteiger partial charge in [0.2, 0.25) is 35.4 Å². The molecule has 0 spiro atoms. The lowest BCUT2D eigenvalue weighted by Crippen LogP contribution is -2.21. The first kappa shape index (κ1) is 92.1. The van der Waals surface area contributed by atoms with Crippen molar-refractivity contribution < 1.29 is 41.9 Å². The maximum absolute atomic E-state index is 13.1. The maximum atomic E-state index is 13.1. The van der Waals surface area contributed by atoms with E-state index in [-0.39, 0.29) is 78.0 Å². The maximum Gasteiger partial charge on any atom is 0.250 e. The van der Waals surface area contributed by atoms with Crippen LogP contribution < -0.4 is 66.5 Å². The van der Waals surface area contributed by atoms with Gasteiger partial charge in [0.1, 0.15) is 76.7 Å². The van der Waals surface area contributed by atoms with Crippen molar-refractivity contribution in [3.63, 3.8) is 0 Å². The second-order valence-electron chi connectivity index (χ2n) is 34.8. The average molecular weight is 1840 g/mol. The van der Waals surface area contributed by atoms with Crippen molar-refractivity contribution in [2.24, 2.45) is 61.3 Å². The second kappa shape index (κ2) is 38.5. The number of aromatic nitrogens is 12. The Morgan fingerprint density at radius 2 is 0.723 bits per heavy atom. The third kappa shape index (κ3) is 20.2. The number of amides is 6. The Bertz CT molecular complexity index is 7680. The van der Waals surface area contributed by atoms with Gasteiger partial charge in [-0.25, -0.2) is 63.0 Å². The third-order valence-electron chi connectivity index (χ3n) is 25.1. The zero-order valence-electron chi connectivity index (χ0n) is 75.8. The number of primary amides is 1. The first-order valence-electron chi connectivity index (χ1n) is 44.8. The van der Waals surface area contributed by atoms with Gasteiger partial charge in [0.25, 0.3) is 5.56 Å². The van der Waals surface area contributed by atoms with Crippen LogP contribution >= 0.6 is 0 Å². The second-order valence-corrected chi connectivity index (χ2v) is 34.8. The summed E-state index contributed by atoms with van der Waals surface area (Å²) < 4.78 is 42.8. The zero-order chi connectivity index (χ0) is 96.6. The number of fused-ring (bicyclic) bond motifs is 6. The van der Waals surface area contributed by atoms with Gasteiger partial charge in [-0.1, -0.05) is 106 Å². The highest BCUT2D eigenvalue weighted by Gasteiger charge is 2.48. The number of pyridine rings is 11. The molecule has 10 atom stereocenters. The molecule has 0 unspecified atom stereocenters. The van der Waals surface area contributed by atoms with Crippen molar-refractivity contribution >= 4 is 158 Å². The number of carbonyl (C=O) groups excluding carboxylic acids is 6. The van der Waals surface area contributed by atoms with E-state index in [9.17, 15) is 46.7 Å². The molecule has 5 saturated carbocycles. The molecule has 12 aromatic heterocycles. The Morgan fingerprint density at radius 1 is 0.387 bits per heavy atom. The molecular weight excluding hydrogens is 1740 g/mol. The van der Waals surface area contributed by atoms with E-state index in [0.717, 1.165) is 129 Å². The van der Waals surface area contributed by atoms with E-state index < -0.39 is 42.2 Å². The number of benzene rings is 4. The number of aryl methyl sites for hydroxylation is 7. The van der Waals surface area contributed by atoms with Crippen molar-refractivity contribution in [2.45, 2.75) is 105 Å². The minimum atomic E-state index is -1.07. The number of hydrogen-bond donors (Lipinski definition) is 11. The largest absolute Gasteiger partial charge is 0.383 e. The number of anilines is 10. The van der Waals surface area contributed by atoms with Crippen LogP contribution in [0.2, 0.25) is 0 Å². The minimum Gasteiger partial charge on any atom is -0.383 e. The number of carbonyl (C=O) groups is 6. The fourth-order valence-corrected chi connectivity index (χ4v) is 16.8. The van der Waals surface area contributed by atoms with Crippen LogP contribution in [0.4, 0.5) is 71.3 Å². The Hall–Kier alpha value is -16.7. The van der Waals surface area contributed by atoms with Crippen LogP contribution in [0.5, 0.6) is 0 Å². The Balaban J connectivity index is 0.000000119. The van der Waals surface area contributed by atoms with Gasteiger partial charge in [-0.3, -0.25) is 33.6 Å². The van der Waals surface area contributed by atoms with Gasteiger partial charge in [0.05, 0.1) is 81.5 Å². The van der Waals surface area contributed by atoms with Gasteiger partial charge >= 0.3 is 0 Å². The van der Waals surface area contributed by atoms with Gasteiger partial charge in [-0.2, -0.15) is 5.26 Å². The van der Waals surface area contributed by atoms with Gasteiger partial charge in [-0.05, 0) is 187 Å². The lowest BCUT2D eigenvalue weighted by atomic mass is 9.98.